The molecule has 0 saturated carbocycles. The zero-order valence-electron chi connectivity index (χ0n) is 8.09. The van der Waals surface area contributed by atoms with E-state index in [0.29, 0.717) is 0 Å². The summed E-state index contributed by atoms with van der Waals surface area (Å²) in [4.78, 5) is 0. The van der Waals surface area contributed by atoms with Crippen LogP contribution in [0.1, 0.15) is 36.5 Å². The number of hydrogen-bond donors (Lipinski definition) is 0. The van der Waals surface area contributed by atoms with Crippen molar-refractivity contribution >= 4 is 0 Å². The van der Waals surface area contributed by atoms with Crippen LogP contribution in [0.5, 0.6) is 0 Å². The number of fused-ring (bicyclic) bond motifs is 1. The van der Waals surface area contributed by atoms with Gasteiger partial charge >= 0.3 is 0 Å². The fraction of sp³-hybridized carbons (Fsp3) is 0.500. The Kier molecular flexibility index (Phi) is 1.71. The lowest BCUT2D eigenvalue weighted by Crippen LogP contribution is -1.98. The van der Waals surface area contributed by atoms with Gasteiger partial charge in [0.05, 0.1) is 0 Å². The van der Waals surface area contributed by atoms with Crippen LogP contribution in [0.25, 0.3) is 0 Å². The van der Waals surface area contributed by atoms with Crippen molar-refractivity contribution in [3.05, 3.63) is 34.9 Å². The molecule has 0 radical (unpaired) electrons. The topological polar surface area (TPSA) is 0 Å². The second kappa shape index (κ2) is 2.62. The lowest BCUT2D eigenvalue weighted by Gasteiger charge is -2.11. The molecule has 1 aromatic rings. The molecule has 0 nitrogen and oxygen atoms in total. The molecule has 64 valence electrons. The van der Waals surface area contributed by atoms with Gasteiger partial charge in [-0.25, -0.2) is 0 Å². The van der Waals surface area contributed by atoms with Crippen LogP contribution in [0.3, 0.4) is 0 Å². The fourth-order valence-electron chi connectivity index (χ4n) is 2.38. The number of benzene rings is 1. The first kappa shape index (κ1) is 7.85. The molecule has 0 amide bonds. The molecule has 12 heavy (non-hydrogen) atoms. The minimum absolute atomic E-state index is 0.765. The van der Waals surface area contributed by atoms with E-state index in [-0.39, 0.29) is 0 Å². The van der Waals surface area contributed by atoms with E-state index in [2.05, 4.69) is 39.0 Å². The fourth-order valence-corrected chi connectivity index (χ4v) is 2.38. The van der Waals surface area contributed by atoms with Gasteiger partial charge in [0.2, 0.25) is 0 Å². The molecule has 1 aliphatic carbocycles. The predicted molar refractivity (Wildman–Crippen MR) is 52.5 cm³/mol. The summed E-state index contributed by atoms with van der Waals surface area (Å²) in [7, 11) is 0. The summed E-state index contributed by atoms with van der Waals surface area (Å²) >= 11 is 0. The first-order valence-electron chi connectivity index (χ1n) is 4.78. The predicted octanol–water partition coefficient (Wildman–Crippen LogP) is 3.29. The van der Waals surface area contributed by atoms with E-state index in [0.717, 1.165) is 11.8 Å². The highest BCUT2D eigenvalue weighted by Gasteiger charge is 2.26. The SMILES string of the molecule is Cc1cccc2c1[C@H](C)[C@@H](C)C2. The smallest absolute Gasteiger partial charge is 0.0156 e. The van der Waals surface area contributed by atoms with Gasteiger partial charge in [-0.3, -0.25) is 0 Å². The van der Waals surface area contributed by atoms with Gasteiger partial charge < -0.3 is 0 Å². The van der Waals surface area contributed by atoms with Gasteiger partial charge in [-0.05, 0) is 41.9 Å². The molecule has 2 atom stereocenters. The maximum atomic E-state index is 2.35. The highest BCUT2D eigenvalue weighted by Crippen LogP contribution is 2.38. The van der Waals surface area contributed by atoms with Crippen molar-refractivity contribution in [3.63, 3.8) is 0 Å². The Balaban J connectivity index is 2.55. The van der Waals surface area contributed by atoms with Crippen molar-refractivity contribution in [1.29, 1.82) is 0 Å². The summed E-state index contributed by atoms with van der Waals surface area (Å²) in [6.07, 6.45) is 1.28. The average molecular weight is 160 g/mol. The van der Waals surface area contributed by atoms with Crippen LogP contribution >= 0.6 is 0 Å². The van der Waals surface area contributed by atoms with Crippen molar-refractivity contribution in [2.45, 2.75) is 33.1 Å². The standard InChI is InChI=1S/C12H16/c1-8-5-4-6-11-7-9(2)10(3)12(8)11/h4-6,9-10H,7H2,1-3H3/t9-,10+/m0/s1. The summed E-state index contributed by atoms with van der Waals surface area (Å²) in [5.74, 6) is 1.60. The third-order valence-electron chi connectivity index (χ3n) is 3.27. The normalized spacial score (nSPS) is 27.2. The number of aryl methyl sites for hydroxylation is 1. The van der Waals surface area contributed by atoms with Gasteiger partial charge in [-0.15, -0.1) is 0 Å². The monoisotopic (exact) mass is 160 g/mol. The summed E-state index contributed by atoms with van der Waals surface area (Å²) < 4.78 is 0. The number of hydrogen-bond acceptors (Lipinski definition) is 0. The van der Waals surface area contributed by atoms with Crippen molar-refractivity contribution in [3.8, 4) is 0 Å². The van der Waals surface area contributed by atoms with Gasteiger partial charge in [-0.1, -0.05) is 32.0 Å². The molecular formula is C12H16. The Morgan fingerprint density at radius 2 is 2.00 bits per heavy atom. The average Bonchev–Trinajstić information content (AvgIpc) is 2.29. The van der Waals surface area contributed by atoms with Crippen LogP contribution in [0.4, 0.5) is 0 Å². The Hall–Kier alpha value is -0.780. The lowest BCUT2D eigenvalue weighted by atomic mass is 9.94. The van der Waals surface area contributed by atoms with Crippen LogP contribution in [-0.2, 0) is 6.42 Å². The molecule has 0 aliphatic heterocycles. The zero-order valence-corrected chi connectivity index (χ0v) is 8.09. The van der Waals surface area contributed by atoms with Gasteiger partial charge in [-0.2, -0.15) is 0 Å². The van der Waals surface area contributed by atoms with E-state index in [1.54, 1.807) is 11.1 Å². The molecule has 0 fully saturated rings. The third kappa shape index (κ3) is 0.979. The van der Waals surface area contributed by atoms with E-state index < -0.39 is 0 Å². The highest BCUT2D eigenvalue weighted by molar-refractivity contribution is 5.41. The molecule has 0 bridgehead atoms. The van der Waals surface area contributed by atoms with E-state index in [4.69, 9.17) is 0 Å². The first-order chi connectivity index (χ1) is 5.70. The maximum absolute atomic E-state index is 2.35. The Morgan fingerprint density at radius 3 is 2.67 bits per heavy atom. The van der Waals surface area contributed by atoms with Crippen molar-refractivity contribution in [2.24, 2.45) is 5.92 Å². The molecule has 0 saturated heterocycles. The molecule has 0 heteroatoms. The molecule has 0 aromatic heterocycles. The van der Waals surface area contributed by atoms with E-state index >= 15 is 0 Å². The Labute approximate surface area is 74.6 Å². The number of rotatable bonds is 0. The van der Waals surface area contributed by atoms with Gasteiger partial charge in [0.1, 0.15) is 0 Å². The molecule has 0 spiro atoms. The van der Waals surface area contributed by atoms with E-state index in [9.17, 15) is 0 Å². The summed E-state index contributed by atoms with van der Waals surface area (Å²) in [5, 5.41) is 0. The minimum Gasteiger partial charge on any atom is -0.0617 e. The molecule has 0 N–H and O–H groups in total. The highest BCUT2D eigenvalue weighted by atomic mass is 14.3. The summed E-state index contributed by atoms with van der Waals surface area (Å²) in [6.45, 7) is 6.93. The summed E-state index contributed by atoms with van der Waals surface area (Å²) in [6, 6.07) is 6.69. The second-order valence-electron chi connectivity index (χ2n) is 4.12. The van der Waals surface area contributed by atoms with Crippen molar-refractivity contribution in [1.82, 2.24) is 0 Å². The second-order valence-corrected chi connectivity index (χ2v) is 4.12. The molecule has 0 unspecified atom stereocenters. The summed E-state index contributed by atoms with van der Waals surface area (Å²) in [5.41, 5.74) is 4.67. The van der Waals surface area contributed by atoms with E-state index in [1.807, 2.05) is 0 Å². The molecular weight excluding hydrogens is 144 g/mol. The molecule has 2 rings (SSSR count). The van der Waals surface area contributed by atoms with Crippen molar-refractivity contribution < 1.29 is 0 Å². The largest absolute Gasteiger partial charge is 0.0617 e. The Morgan fingerprint density at radius 1 is 1.25 bits per heavy atom. The van der Waals surface area contributed by atoms with Crippen LogP contribution in [0.2, 0.25) is 0 Å². The van der Waals surface area contributed by atoms with Gasteiger partial charge in [0.15, 0.2) is 0 Å². The maximum Gasteiger partial charge on any atom is -0.0156 e. The van der Waals surface area contributed by atoms with Crippen LogP contribution < -0.4 is 0 Å². The quantitative estimate of drug-likeness (QED) is 0.546. The third-order valence-corrected chi connectivity index (χ3v) is 3.27. The lowest BCUT2D eigenvalue weighted by molar-refractivity contribution is 0.531. The van der Waals surface area contributed by atoms with Crippen LogP contribution in [0, 0.1) is 12.8 Å². The molecule has 0 heterocycles. The first-order valence-corrected chi connectivity index (χ1v) is 4.78. The molecule has 1 aliphatic rings. The van der Waals surface area contributed by atoms with Gasteiger partial charge in [0.25, 0.3) is 0 Å². The van der Waals surface area contributed by atoms with Gasteiger partial charge in [0, 0.05) is 0 Å². The van der Waals surface area contributed by atoms with Crippen LogP contribution in [0.15, 0.2) is 18.2 Å². The van der Waals surface area contributed by atoms with Crippen molar-refractivity contribution in [2.75, 3.05) is 0 Å². The Bertz CT molecular complexity index is 299. The zero-order chi connectivity index (χ0) is 8.72. The van der Waals surface area contributed by atoms with Crippen LogP contribution in [-0.4, -0.2) is 0 Å². The van der Waals surface area contributed by atoms with E-state index in [1.165, 1.54) is 12.0 Å². The minimum atomic E-state index is 0.765. The molecule has 1 aromatic carbocycles.